The maximum absolute atomic E-state index is 4.62. The standard InChI is InChI=1S/C28H38N6/c1-2-5-24(6-3-1)21-30-27-11-17-32(18-12-27)15-4-16-34-23-26(22-31-34)25-7-9-28(10-8-25)33-19-13-29-14-20-33/h1-3,5-10,22-23,27,29-30H,4,11-21H2. The van der Waals surface area contributed by atoms with Gasteiger partial charge in [-0.3, -0.25) is 4.68 Å². The van der Waals surface area contributed by atoms with Crippen molar-refractivity contribution < 1.29 is 0 Å². The molecule has 2 aliphatic rings. The molecule has 2 N–H and O–H groups in total. The van der Waals surface area contributed by atoms with Gasteiger partial charge in [0.2, 0.25) is 0 Å². The number of rotatable bonds is 9. The molecule has 0 atom stereocenters. The summed E-state index contributed by atoms with van der Waals surface area (Å²) in [5.74, 6) is 0. The quantitative estimate of drug-likeness (QED) is 0.513. The summed E-state index contributed by atoms with van der Waals surface area (Å²) in [5.41, 5.74) is 5.14. The first-order valence-corrected chi connectivity index (χ1v) is 12.9. The van der Waals surface area contributed by atoms with Gasteiger partial charge in [0.05, 0.1) is 6.20 Å². The molecule has 0 bridgehead atoms. The average molecular weight is 459 g/mol. The molecule has 2 aliphatic heterocycles. The van der Waals surface area contributed by atoms with Gasteiger partial charge < -0.3 is 20.4 Å². The van der Waals surface area contributed by atoms with Crippen LogP contribution in [0, 0.1) is 0 Å². The number of piperazine rings is 1. The van der Waals surface area contributed by atoms with Crippen LogP contribution in [0.3, 0.4) is 0 Å². The van der Waals surface area contributed by atoms with E-state index in [4.69, 9.17) is 0 Å². The zero-order valence-corrected chi connectivity index (χ0v) is 20.2. The van der Waals surface area contributed by atoms with Crippen molar-refractivity contribution in [3.05, 3.63) is 72.6 Å². The fraction of sp³-hybridized carbons (Fsp3) is 0.464. The summed E-state index contributed by atoms with van der Waals surface area (Å²) in [6.07, 6.45) is 7.82. The van der Waals surface area contributed by atoms with Crippen LogP contribution in [0.5, 0.6) is 0 Å². The predicted octanol–water partition coefficient (Wildman–Crippen LogP) is 3.60. The van der Waals surface area contributed by atoms with Gasteiger partial charge in [0, 0.05) is 62.8 Å². The van der Waals surface area contributed by atoms with Crippen LogP contribution in [0.25, 0.3) is 11.1 Å². The number of likely N-dealkylation sites (tertiary alicyclic amines) is 1. The Balaban J connectivity index is 1.02. The summed E-state index contributed by atoms with van der Waals surface area (Å²) in [7, 11) is 0. The van der Waals surface area contributed by atoms with E-state index in [0.717, 1.165) is 52.2 Å². The van der Waals surface area contributed by atoms with Crippen LogP contribution in [0.2, 0.25) is 0 Å². The van der Waals surface area contributed by atoms with Gasteiger partial charge in [0.1, 0.15) is 0 Å². The third-order valence-electron chi connectivity index (χ3n) is 7.20. The molecule has 2 saturated heterocycles. The lowest BCUT2D eigenvalue weighted by Crippen LogP contribution is -2.43. The minimum Gasteiger partial charge on any atom is -0.369 e. The van der Waals surface area contributed by atoms with Crippen LogP contribution in [-0.4, -0.2) is 66.5 Å². The second-order valence-electron chi connectivity index (χ2n) is 9.61. The van der Waals surface area contributed by atoms with Crippen molar-refractivity contribution in [3.63, 3.8) is 0 Å². The van der Waals surface area contributed by atoms with Crippen molar-refractivity contribution >= 4 is 5.69 Å². The molecule has 5 rings (SSSR count). The van der Waals surface area contributed by atoms with Gasteiger partial charge >= 0.3 is 0 Å². The summed E-state index contributed by atoms with van der Waals surface area (Å²) in [4.78, 5) is 5.06. The minimum atomic E-state index is 0.642. The molecule has 0 unspecified atom stereocenters. The Morgan fingerprint density at radius 1 is 0.853 bits per heavy atom. The highest BCUT2D eigenvalue weighted by Gasteiger charge is 2.18. The lowest BCUT2D eigenvalue weighted by Gasteiger charge is -2.32. The van der Waals surface area contributed by atoms with Crippen molar-refractivity contribution in [3.8, 4) is 11.1 Å². The fourth-order valence-electron chi connectivity index (χ4n) is 5.10. The van der Waals surface area contributed by atoms with E-state index in [2.05, 4.69) is 91.0 Å². The number of nitrogens with one attached hydrogen (secondary N) is 2. The summed E-state index contributed by atoms with van der Waals surface area (Å²) in [6.45, 7) is 9.79. The van der Waals surface area contributed by atoms with Gasteiger partial charge in [0.25, 0.3) is 0 Å². The van der Waals surface area contributed by atoms with Crippen LogP contribution >= 0.6 is 0 Å². The predicted molar refractivity (Wildman–Crippen MR) is 140 cm³/mol. The summed E-state index contributed by atoms with van der Waals surface area (Å²) >= 11 is 0. The fourth-order valence-corrected chi connectivity index (χ4v) is 5.10. The molecule has 0 saturated carbocycles. The third-order valence-corrected chi connectivity index (χ3v) is 7.20. The highest BCUT2D eigenvalue weighted by atomic mass is 15.3. The van der Waals surface area contributed by atoms with E-state index in [-0.39, 0.29) is 0 Å². The van der Waals surface area contributed by atoms with Gasteiger partial charge in [-0.15, -0.1) is 0 Å². The molecule has 0 amide bonds. The number of benzene rings is 2. The van der Waals surface area contributed by atoms with E-state index in [9.17, 15) is 0 Å². The average Bonchev–Trinajstić information content (AvgIpc) is 3.38. The Labute approximate surface area is 204 Å². The Bertz CT molecular complexity index is 985. The second kappa shape index (κ2) is 11.6. The zero-order valence-electron chi connectivity index (χ0n) is 20.2. The first kappa shape index (κ1) is 23.1. The third kappa shape index (κ3) is 6.26. The normalized spacial score (nSPS) is 17.8. The van der Waals surface area contributed by atoms with Gasteiger partial charge in [-0.1, -0.05) is 42.5 Å². The summed E-state index contributed by atoms with van der Waals surface area (Å²) < 4.78 is 2.10. The highest BCUT2D eigenvalue weighted by Crippen LogP contribution is 2.23. The molecule has 34 heavy (non-hydrogen) atoms. The second-order valence-corrected chi connectivity index (χ2v) is 9.61. The van der Waals surface area contributed by atoms with Crippen molar-refractivity contribution in [2.75, 3.05) is 50.7 Å². The molecule has 6 heteroatoms. The molecule has 6 nitrogen and oxygen atoms in total. The Hall–Kier alpha value is -2.67. The number of piperidine rings is 1. The maximum Gasteiger partial charge on any atom is 0.0568 e. The topological polar surface area (TPSA) is 48.4 Å². The van der Waals surface area contributed by atoms with Gasteiger partial charge in [-0.25, -0.2) is 0 Å². The molecule has 3 aromatic rings. The minimum absolute atomic E-state index is 0.642. The monoisotopic (exact) mass is 458 g/mol. The van der Waals surface area contributed by atoms with Crippen LogP contribution in [0.1, 0.15) is 24.8 Å². The molecule has 3 heterocycles. The van der Waals surface area contributed by atoms with E-state index in [1.807, 2.05) is 6.20 Å². The molecule has 1 aromatic heterocycles. The lowest BCUT2D eigenvalue weighted by molar-refractivity contribution is 0.192. The van der Waals surface area contributed by atoms with Gasteiger partial charge in [-0.2, -0.15) is 5.10 Å². The highest BCUT2D eigenvalue weighted by molar-refractivity contribution is 5.65. The Morgan fingerprint density at radius 3 is 2.38 bits per heavy atom. The van der Waals surface area contributed by atoms with Crippen molar-refractivity contribution in [1.82, 2.24) is 25.3 Å². The number of hydrogen-bond donors (Lipinski definition) is 2. The number of hydrogen-bond acceptors (Lipinski definition) is 5. The molecule has 0 aliphatic carbocycles. The van der Waals surface area contributed by atoms with E-state index in [0.29, 0.717) is 6.04 Å². The van der Waals surface area contributed by atoms with Crippen LogP contribution < -0.4 is 15.5 Å². The van der Waals surface area contributed by atoms with E-state index in [1.165, 1.54) is 48.3 Å². The molecule has 2 fully saturated rings. The van der Waals surface area contributed by atoms with E-state index in [1.54, 1.807) is 0 Å². The summed E-state index contributed by atoms with van der Waals surface area (Å²) in [6, 6.07) is 20.3. The Kier molecular flexibility index (Phi) is 7.91. The van der Waals surface area contributed by atoms with Crippen LogP contribution in [-0.2, 0) is 13.1 Å². The van der Waals surface area contributed by atoms with Crippen molar-refractivity contribution in [1.29, 1.82) is 0 Å². The number of aromatic nitrogens is 2. The number of anilines is 1. The van der Waals surface area contributed by atoms with Crippen molar-refractivity contribution in [2.45, 2.75) is 38.4 Å². The molecule has 0 spiro atoms. The molecule has 2 aromatic carbocycles. The molecular formula is C28H38N6. The molecular weight excluding hydrogens is 420 g/mol. The Morgan fingerprint density at radius 2 is 1.62 bits per heavy atom. The van der Waals surface area contributed by atoms with Gasteiger partial charge in [0.15, 0.2) is 0 Å². The number of nitrogens with zero attached hydrogens (tertiary/aromatic N) is 4. The molecule has 0 radical (unpaired) electrons. The lowest BCUT2D eigenvalue weighted by atomic mass is 10.0. The first-order chi connectivity index (χ1) is 16.8. The maximum atomic E-state index is 4.62. The number of aryl methyl sites for hydroxylation is 1. The van der Waals surface area contributed by atoms with Crippen molar-refractivity contribution in [2.24, 2.45) is 0 Å². The van der Waals surface area contributed by atoms with Crippen LogP contribution in [0.4, 0.5) is 5.69 Å². The smallest absolute Gasteiger partial charge is 0.0568 e. The largest absolute Gasteiger partial charge is 0.369 e. The zero-order chi connectivity index (χ0) is 23.0. The van der Waals surface area contributed by atoms with E-state index < -0.39 is 0 Å². The van der Waals surface area contributed by atoms with Crippen LogP contribution in [0.15, 0.2) is 67.0 Å². The summed E-state index contributed by atoms with van der Waals surface area (Å²) in [5, 5.41) is 11.8. The van der Waals surface area contributed by atoms with E-state index >= 15 is 0 Å². The SMILES string of the molecule is c1ccc(CNC2CCN(CCCn3cc(-c4ccc(N5CCNCC5)cc4)cn3)CC2)cc1. The molecule has 180 valence electrons. The first-order valence-electron chi connectivity index (χ1n) is 12.9. The van der Waals surface area contributed by atoms with Gasteiger partial charge in [-0.05, 0) is 62.2 Å².